The lowest BCUT2D eigenvalue weighted by Crippen LogP contribution is -2.57. The molecule has 0 aromatic rings. The van der Waals surface area contributed by atoms with Crippen LogP contribution in [0.3, 0.4) is 0 Å². The summed E-state index contributed by atoms with van der Waals surface area (Å²) in [6.07, 6.45) is 2.64. The van der Waals surface area contributed by atoms with E-state index in [-0.39, 0.29) is 34.4 Å². The predicted molar refractivity (Wildman–Crippen MR) is 155 cm³/mol. The Balaban J connectivity index is 3.48. The molecule has 212 valence electrons. The Labute approximate surface area is 224 Å². The monoisotopic (exact) mass is 543 g/mol. The van der Waals surface area contributed by atoms with Gasteiger partial charge < -0.3 is 18.3 Å². The first-order chi connectivity index (χ1) is 15.8. The van der Waals surface area contributed by atoms with E-state index in [0.717, 1.165) is 6.42 Å². The number of hydrogen-bond donors (Lipinski definition) is 0. The minimum absolute atomic E-state index is 0.0190. The third-order valence-corrected chi connectivity index (χ3v) is 17.0. The highest BCUT2D eigenvalue weighted by molar-refractivity contribution is 6.74. The molecule has 3 atom stereocenters. The largest absolute Gasteiger partial charge is 0.444 e. The van der Waals surface area contributed by atoms with Gasteiger partial charge in [-0.1, -0.05) is 47.6 Å². The first-order valence-electron chi connectivity index (χ1n) is 13.5. The van der Waals surface area contributed by atoms with Gasteiger partial charge in [-0.05, 0) is 83.7 Å². The molecule has 0 spiro atoms. The van der Waals surface area contributed by atoms with Gasteiger partial charge in [0.1, 0.15) is 11.3 Å². The van der Waals surface area contributed by atoms with Crippen LogP contribution in [0.15, 0.2) is 12.7 Å². The average molecular weight is 544 g/mol. The molecular formula is C28H57NO5Si2. The maximum absolute atomic E-state index is 13.5. The van der Waals surface area contributed by atoms with E-state index in [1.165, 1.54) is 0 Å². The van der Waals surface area contributed by atoms with Gasteiger partial charge in [-0.15, -0.1) is 6.58 Å². The molecule has 0 aromatic heterocycles. The summed E-state index contributed by atoms with van der Waals surface area (Å²) < 4.78 is 26.0. The minimum atomic E-state index is -2.18. The van der Waals surface area contributed by atoms with E-state index in [0.29, 0.717) is 13.0 Å². The van der Waals surface area contributed by atoms with Crippen LogP contribution in [-0.4, -0.2) is 63.8 Å². The first-order valence-corrected chi connectivity index (χ1v) is 19.3. The standard InChI is InChI=1S/C28H57NO5Si2/c1-17-18-21(33-35(13,14)26(5,6)7)19-23(34-36(15,16)27(8,9)10)22-20-31-28(11,12)29(22)24(30)32-25(2,3)4/h17,21-23H,1,18-20H2,2-16H3/t21-,22+,23+/m1/s1. The van der Waals surface area contributed by atoms with Crippen molar-refractivity contribution in [2.45, 2.75) is 155 Å². The van der Waals surface area contributed by atoms with Crippen molar-refractivity contribution in [3.8, 4) is 0 Å². The highest BCUT2D eigenvalue weighted by Crippen LogP contribution is 2.42. The van der Waals surface area contributed by atoms with E-state index < -0.39 is 28.0 Å². The van der Waals surface area contributed by atoms with Gasteiger partial charge >= 0.3 is 6.09 Å². The van der Waals surface area contributed by atoms with Crippen LogP contribution >= 0.6 is 0 Å². The van der Waals surface area contributed by atoms with Crippen LogP contribution in [0.5, 0.6) is 0 Å². The predicted octanol–water partition coefficient (Wildman–Crippen LogP) is 8.11. The zero-order valence-electron chi connectivity index (χ0n) is 26.1. The van der Waals surface area contributed by atoms with Crippen LogP contribution in [0.4, 0.5) is 4.79 Å². The van der Waals surface area contributed by atoms with Gasteiger partial charge in [0.15, 0.2) is 16.6 Å². The fourth-order valence-electron chi connectivity index (χ4n) is 3.84. The fraction of sp³-hybridized carbons (Fsp3) is 0.893. The molecule has 1 rings (SSSR count). The van der Waals surface area contributed by atoms with E-state index in [2.05, 4.69) is 74.3 Å². The van der Waals surface area contributed by atoms with Gasteiger partial charge in [0.05, 0.1) is 24.9 Å². The number of carbonyl (C=O) groups is 1. The summed E-state index contributed by atoms with van der Waals surface area (Å²) in [6.45, 7) is 36.5. The molecule has 1 aliphatic heterocycles. The van der Waals surface area contributed by atoms with Crippen LogP contribution in [0.2, 0.25) is 36.3 Å². The molecule has 1 fully saturated rings. The Morgan fingerprint density at radius 3 is 1.89 bits per heavy atom. The van der Waals surface area contributed by atoms with Crippen molar-refractivity contribution in [3.63, 3.8) is 0 Å². The molecule has 8 heteroatoms. The number of amides is 1. The van der Waals surface area contributed by atoms with E-state index in [1.807, 2.05) is 40.7 Å². The van der Waals surface area contributed by atoms with Crippen LogP contribution in [-0.2, 0) is 18.3 Å². The molecule has 36 heavy (non-hydrogen) atoms. The molecule has 1 amide bonds. The molecule has 0 saturated carbocycles. The summed E-state index contributed by atoms with van der Waals surface area (Å²) in [4.78, 5) is 15.2. The summed E-state index contributed by atoms with van der Waals surface area (Å²) in [7, 11) is -4.22. The number of rotatable bonds is 9. The molecular weight excluding hydrogens is 486 g/mol. The van der Waals surface area contributed by atoms with Crippen LogP contribution in [0.1, 0.15) is 89.0 Å². The lowest BCUT2D eigenvalue weighted by molar-refractivity contribution is -0.0687. The highest BCUT2D eigenvalue weighted by atomic mass is 28.4. The van der Waals surface area contributed by atoms with Crippen molar-refractivity contribution >= 4 is 22.7 Å². The van der Waals surface area contributed by atoms with Crippen molar-refractivity contribution in [1.82, 2.24) is 4.90 Å². The second kappa shape index (κ2) is 11.2. The van der Waals surface area contributed by atoms with Crippen molar-refractivity contribution in [2.24, 2.45) is 0 Å². The Hall–Kier alpha value is -0.676. The van der Waals surface area contributed by atoms with E-state index in [9.17, 15) is 4.79 Å². The van der Waals surface area contributed by atoms with E-state index in [1.54, 1.807) is 4.90 Å². The quantitative estimate of drug-likeness (QED) is 0.217. The zero-order chi connectivity index (χ0) is 28.5. The van der Waals surface area contributed by atoms with Crippen molar-refractivity contribution in [1.29, 1.82) is 0 Å². The molecule has 1 aliphatic rings. The third-order valence-electron chi connectivity index (χ3n) is 7.98. The lowest BCUT2D eigenvalue weighted by atomic mass is 10.0. The smallest absolute Gasteiger partial charge is 0.412 e. The van der Waals surface area contributed by atoms with Gasteiger partial charge in [-0.2, -0.15) is 0 Å². The average Bonchev–Trinajstić information content (AvgIpc) is 2.92. The van der Waals surface area contributed by atoms with Gasteiger partial charge in [0.25, 0.3) is 0 Å². The maximum Gasteiger partial charge on any atom is 0.412 e. The summed E-state index contributed by atoms with van der Waals surface area (Å²) in [5.41, 5.74) is -1.40. The topological polar surface area (TPSA) is 57.2 Å². The van der Waals surface area contributed by atoms with Crippen molar-refractivity contribution in [3.05, 3.63) is 12.7 Å². The Morgan fingerprint density at radius 1 is 1.00 bits per heavy atom. The first kappa shape index (κ1) is 33.4. The van der Waals surface area contributed by atoms with Gasteiger partial charge in [0, 0.05) is 0 Å². The molecule has 0 radical (unpaired) electrons. The normalized spacial score (nSPS) is 21.3. The number of hydrogen-bond acceptors (Lipinski definition) is 5. The molecule has 0 N–H and O–H groups in total. The molecule has 1 heterocycles. The Morgan fingerprint density at radius 2 is 1.47 bits per heavy atom. The zero-order valence-corrected chi connectivity index (χ0v) is 28.1. The summed E-state index contributed by atoms with van der Waals surface area (Å²) >= 11 is 0. The second-order valence-electron chi connectivity index (χ2n) is 14.9. The minimum Gasteiger partial charge on any atom is -0.444 e. The number of nitrogens with zero attached hydrogens (tertiary/aromatic N) is 1. The van der Waals surface area contributed by atoms with Crippen LogP contribution < -0.4 is 0 Å². The van der Waals surface area contributed by atoms with Gasteiger partial charge in [-0.25, -0.2) is 4.79 Å². The summed E-state index contributed by atoms with van der Waals surface area (Å²) in [5.74, 6) is 0. The van der Waals surface area contributed by atoms with Crippen LogP contribution in [0, 0.1) is 0 Å². The molecule has 0 aliphatic carbocycles. The maximum atomic E-state index is 13.5. The van der Waals surface area contributed by atoms with E-state index in [4.69, 9.17) is 18.3 Å². The van der Waals surface area contributed by atoms with Crippen molar-refractivity contribution in [2.75, 3.05) is 6.61 Å². The fourth-order valence-corrected chi connectivity index (χ4v) is 6.59. The van der Waals surface area contributed by atoms with E-state index >= 15 is 0 Å². The molecule has 6 nitrogen and oxygen atoms in total. The lowest BCUT2D eigenvalue weighted by Gasteiger charge is -2.45. The molecule has 1 saturated heterocycles. The Kier molecular flexibility index (Phi) is 10.4. The number of ether oxygens (including phenoxy) is 2. The van der Waals surface area contributed by atoms with Gasteiger partial charge in [-0.3, -0.25) is 4.90 Å². The Bertz CT molecular complexity index is 759. The summed E-state index contributed by atoms with van der Waals surface area (Å²) in [6, 6.07) is -0.278. The summed E-state index contributed by atoms with van der Waals surface area (Å²) in [5, 5.41) is 0.106. The second-order valence-corrected chi connectivity index (χ2v) is 24.4. The van der Waals surface area contributed by atoms with Gasteiger partial charge in [0.2, 0.25) is 0 Å². The SMILES string of the molecule is C=CC[C@H](C[C@H](O[Si](C)(C)C(C)(C)C)[C@@H]1COC(C)(C)N1C(=O)OC(C)(C)C)O[Si](C)(C)C(C)(C)C. The van der Waals surface area contributed by atoms with Crippen molar-refractivity contribution < 1.29 is 23.1 Å². The third kappa shape index (κ3) is 8.68. The van der Waals surface area contributed by atoms with Crippen LogP contribution in [0.25, 0.3) is 0 Å². The highest BCUT2D eigenvalue weighted by Gasteiger charge is 2.52. The molecule has 0 bridgehead atoms. The molecule has 0 unspecified atom stereocenters. The number of carbonyl (C=O) groups excluding carboxylic acids is 1. The molecule has 0 aromatic carbocycles.